The van der Waals surface area contributed by atoms with E-state index in [2.05, 4.69) is 9.97 Å². The van der Waals surface area contributed by atoms with Gasteiger partial charge < -0.3 is 4.98 Å². The molecule has 0 unspecified atom stereocenters. The van der Waals surface area contributed by atoms with Gasteiger partial charge in [-0.2, -0.15) is 0 Å². The summed E-state index contributed by atoms with van der Waals surface area (Å²) in [5, 5.41) is 1.66. The minimum Gasteiger partial charge on any atom is -0.332 e. The third kappa shape index (κ3) is 2.23. The van der Waals surface area contributed by atoms with E-state index < -0.39 is 0 Å². The molecule has 1 aromatic carbocycles. The molecule has 1 N–H and O–H groups in total. The van der Waals surface area contributed by atoms with Crippen molar-refractivity contribution < 1.29 is 0 Å². The second-order valence-electron chi connectivity index (χ2n) is 5.74. The lowest BCUT2D eigenvalue weighted by atomic mass is 10.1. The van der Waals surface area contributed by atoms with E-state index in [1.807, 2.05) is 37.4 Å². The normalized spacial score (nSPS) is 16.0. The maximum Gasteiger partial charge on any atom is 0.262 e. The summed E-state index contributed by atoms with van der Waals surface area (Å²) in [6, 6.07) is 7.47. The summed E-state index contributed by atoms with van der Waals surface area (Å²) in [7, 11) is 0. The predicted octanol–water partition coefficient (Wildman–Crippen LogP) is 3.82. The Labute approximate surface area is 136 Å². The number of nitrogens with one attached hydrogen (secondary N) is 1. The number of fused-ring (bicyclic) bond motifs is 1. The summed E-state index contributed by atoms with van der Waals surface area (Å²) in [4.78, 5) is 21.8. The van der Waals surface area contributed by atoms with Crippen LogP contribution in [0.1, 0.15) is 28.8 Å². The smallest absolute Gasteiger partial charge is 0.262 e. The molecule has 6 heteroatoms. The molecule has 3 aromatic rings. The van der Waals surface area contributed by atoms with Crippen molar-refractivity contribution in [2.45, 2.75) is 25.8 Å². The van der Waals surface area contributed by atoms with E-state index in [1.54, 1.807) is 15.9 Å². The van der Waals surface area contributed by atoms with Crippen molar-refractivity contribution >= 4 is 34.5 Å². The Balaban J connectivity index is 1.99. The molecule has 1 saturated carbocycles. The maximum atomic E-state index is 13.0. The summed E-state index contributed by atoms with van der Waals surface area (Å²) >= 11 is 7.13. The molecule has 2 heterocycles. The molecular weight excluding hydrogens is 314 g/mol. The molecule has 0 saturated heterocycles. The topological polar surface area (TPSA) is 50.7 Å². The first-order valence-electron chi connectivity index (χ1n) is 7.31. The average molecular weight is 329 g/mol. The second-order valence-corrected chi connectivity index (χ2v) is 7.40. The van der Waals surface area contributed by atoms with Gasteiger partial charge in [0.15, 0.2) is 4.77 Å². The van der Waals surface area contributed by atoms with Crippen LogP contribution in [0.3, 0.4) is 0 Å². The highest BCUT2D eigenvalue weighted by Crippen LogP contribution is 2.44. The minimum absolute atomic E-state index is 0.0240. The Morgan fingerprint density at radius 2 is 2.18 bits per heavy atom. The molecule has 1 fully saturated rings. The first kappa shape index (κ1) is 13.8. The number of benzene rings is 1. The molecule has 1 aliphatic rings. The first-order valence-corrected chi connectivity index (χ1v) is 8.53. The molecule has 4 nitrogen and oxygen atoms in total. The predicted molar refractivity (Wildman–Crippen MR) is 91.1 cm³/mol. The van der Waals surface area contributed by atoms with Crippen molar-refractivity contribution in [3.8, 4) is 0 Å². The van der Waals surface area contributed by atoms with Crippen LogP contribution in [0.25, 0.3) is 10.9 Å². The zero-order chi connectivity index (χ0) is 15.3. The Hall–Kier alpha value is -1.79. The lowest BCUT2D eigenvalue weighted by Crippen LogP contribution is -2.28. The van der Waals surface area contributed by atoms with Gasteiger partial charge in [0.2, 0.25) is 0 Å². The SMILES string of the molecule is Cc1cnc([C@H](C2CC2)n2c(=S)[nH]c3ccccc3c2=O)s1. The molecule has 112 valence electrons. The van der Waals surface area contributed by atoms with Crippen LogP contribution in [0.5, 0.6) is 0 Å². The molecule has 0 amide bonds. The van der Waals surface area contributed by atoms with E-state index in [1.165, 1.54) is 0 Å². The van der Waals surface area contributed by atoms with Crippen LogP contribution in [0.15, 0.2) is 35.3 Å². The molecule has 1 aliphatic carbocycles. The lowest BCUT2D eigenvalue weighted by Gasteiger charge is -2.18. The third-order valence-corrected chi connectivity index (χ3v) is 5.36. The standard InChI is InChI=1S/C16H15N3OS2/c1-9-8-17-14(22-9)13(10-6-7-10)19-15(20)11-4-2-3-5-12(11)18-16(19)21/h2-5,8,10,13H,6-7H2,1H3,(H,18,21)/t13-/m0/s1. The van der Waals surface area contributed by atoms with Crippen LogP contribution in [0, 0.1) is 17.6 Å². The highest BCUT2D eigenvalue weighted by Gasteiger charge is 2.36. The van der Waals surface area contributed by atoms with Gasteiger partial charge >= 0.3 is 0 Å². The number of hydrogen-bond donors (Lipinski definition) is 1. The fraction of sp³-hybridized carbons (Fsp3) is 0.312. The van der Waals surface area contributed by atoms with E-state index >= 15 is 0 Å². The van der Waals surface area contributed by atoms with E-state index in [0.717, 1.165) is 28.2 Å². The number of H-pyrrole nitrogens is 1. The quantitative estimate of drug-likeness (QED) is 0.743. The summed E-state index contributed by atoms with van der Waals surface area (Å²) in [6.45, 7) is 2.04. The fourth-order valence-corrected chi connectivity index (χ4v) is 4.14. The number of aromatic nitrogens is 3. The number of para-hydroxylation sites is 1. The summed E-state index contributed by atoms with van der Waals surface area (Å²) < 4.78 is 2.21. The van der Waals surface area contributed by atoms with Crippen molar-refractivity contribution in [1.29, 1.82) is 0 Å². The fourth-order valence-electron chi connectivity index (χ4n) is 2.87. The highest BCUT2D eigenvalue weighted by atomic mass is 32.1. The Bertz CT molecular complexity index is 965. The molecule has 0 bridgehead atoms. The minimum atomic E-state index is -0.0421. The van der Waals surface area contributed by atoms with Gasteiger partial charge in [0.1, 0.15) is 5.01 Å². The second kappa shape index (κ2) is 5.14. The van der Waals surface area contributed by atoms with E-state index in [0.29, 0.717) is 16.1 Å². The molecule has 0 aliphatic heterocycles. The van der Waals surface area contributed by atoms with Crippen LogP contribution < -0.4 is 5.56 Å². The van der Waals surface area contributed by atoms with E-state index in [4.69, 9.17) is 12.2 Å². The van der Waals surface area contributed by atoms with E-state index in [-0.39, 0.29) is 11.6 Å². The number of nitrogens with zero attached hydrogens (tertiary/aromatic N) is 2. The first-order chi connectivity index (χ1) is 10.6. The van der Waals surface area contributed by atoms with Crippen molar-refractivity contribution in [2.75, 3.05) is 0 Å². The third-order valence-electron chi connectivity index (χ3n) is 4.08. The molecule has 2 aromatic heterocycles. The van der Waals surface area contributed by atoms with Crippen molar-refractivity contribution in [2.24, 2.45) is 5.92 Å². The maximum absolute atomic E-state index is 13.0. The van der Waals surface area contributed by atoms with Crippen LogP contribution in [-0.2, 0) is 0 Å². The molecular formula is C16H15N3OS2. The summed E-state index contributed by atoms with van der Waals surface area (Å²) in [6.07, 6.45) is 4.11. The molecule has 4 rings (SSSR count). The zero-order valence-electron chi connectivity index (χ0n) is 12.1. The lowest BCUT2D eigenvalue weighted by molar-refractivity contribution is 0.493. The van der Waals surface area contributed by atoms with Gasteiger partial charge in [-0.15, -0.1) is 11.3 Å². The monoisotopic (exact) mass is 329 g/mol. The van der Waals surface area contributed by atoms with Crippen LogP contribution in [-0.4, -0.2) is 14.5 Å². The van der Waals surface area contributed by atoms with Gasteiger partial charge in [-0.3, -0.25) is 9.36 Å². The van der Waals surface area contributed by atoms with Crippen LogP contribution >= 0.6 is 23.6 Å². The average Bonchev–Trinajstić information content (AvgIpc) is 3.25. The van der Waals surface area contributed by atoms with Gasteiger partial charge in [0.05, 0.1) is 16.9 Å². The molecule has 0 spiro atoms. The van der Waals surface area contributed by atoms with Crippen LogP contribution in [0.2, 0.25) is 0 Å². The number of hydrogen-bond acceptors (Lipinski definition) is 4. The van der Waals surface area contributed by atoms with Gasteiger partial charge in [-0.25, -0.2) is 4.98 Å². The highest BCUT2D eigenvalue weighted by molar-refractivity contribution is 7.71. The number of rotatable bonds is 3. The molecule has 0 radical (unpaired) electrons. The summed E-state index contributed by atoms with van der Waals surface area (Å²) in [5.41, 5.74) is 0.766. The van der Waals surface area contributed by atoms with E-state index in [9.17, 15) is 4.79 Å². The van der Waals surface area contributed by atoms with Gasteiger partial charge in [-0.1, -0.05) is 12.1 Å². The zero-order valence-corrected chi connectivity index (χ0v) is 13.7. The van der Waals surface area contributed by atoms with Crippen LogP contribution in [0.4, 0.5) is 0 Å². The number of thiazole rings is 1. The molecule has 1 atom stereocenters. The van der Waals surface area contributed by atoms with Gasteiger partial charge in [0, 0.05) is 11.1 Å². The largest absolute Gasteiger partial charge is 0.332 e. The summed E-state index contributed by atoms with van der Waals surface area (Å²) in [5.74, 6) is 0.458. The van der Waals surface area contributed by atoms with Gasteiger partial charge in [-0.05, 0) is 50.0 Å². The molecule has 22 heavy (non-hydrogen) atoms. The Kier molecular flexibility index (Phi) is 3.23. The van der Waals surface area contributed by atoms with Crippen molar-refractivity contribution in [3.05, 3.63) is 55.5 Å². The van der Waals surface area contributed by atoms with Crippen molar-refractivity contribution in [1.82, 2.24) is 14.5 Å². The number of aryl methyl sites for hydroxylation is 1. The number of aromatic amines is 1. The van der Waals surface area contributed by atoms with Gasteiger partial charge in [0.25, 0.3) is 5.56 Å². The Morgan fingerprint density at radius 3 is 2.86 bits per heavy atom. The Morgan fingerprint density at radius 1 is 1.41 bits per heavy atom. The van der Waals surface area contributed by atoms with Crippen molar-refractivity contribution in [3.63, 3.8) is 0 Å².